The lowest BCUT2D eigenvalue weighted by molar-refractivity contribution is 0.893. The van der Waals surface area contributed by atoms with Gasteiger partial charge in [0, 0.05) is 5.75 Å². The van der Waals surface area contributed by atoms with Crippen molar-refractivity contribution >= 4 is 23.5 Å². The van der Waals surface area contributed by atoms with E-state index in [-0.39, 0.29) is 0 Å². The van der Waals surface area contributed by atoms with E-state index in [1.807, 2.05) is 11.8 Å². The lowest BCUT2D eigenvalue weighted by Crippen LogP contribution is -2.17. The van der Waals surface area contributed by atoms with Crippen LogP contribution >= 0.6 is 23.5 Å². The monoisotopic (exact) mass is 174 g/mol. The largest absolute Gasteiger partial charge is 0.148 e. The third kappa shape index (κ3) is 1.96. The highest BCUT2D eigenvalue weighted by atomic mass is 32.2. The quantitative estimate of drug-likeness (QED) is 0.560. The first-order chi connectivity index (χ1) is 4.66. The highest BCUT2D eigenvalue weighted by Crippen LogP contribution is 2.42. The molecule has 2 heteroatoms. The normalized spacial score (nSPS) is 33.7. The Morgan fingerprint density at radius 3 is 2.80 bits per heavy atom. The molecular weight excluding hydrogens is 160 g/mol. The third-order valence-corrected chi connectivity index (χ3v) is 5.12. The second kappa shape index (κ2) is 3.22. The van der Waals surface area contributed by atoms with Crippen molar-refractivity contribution < 1.29 is 0 Å². The average Bonchev–Trinajstić information content (AvgIpc) is 1.96. The summed E-state index contributed by atoms with van der Waals surface area (Å²) in [4.78, 5) is 0. The molecule has 1 rings (SSSR count). The van der Waals surface area contributed by atoms with Crippen LogP contribution < -0.4 is 0 Å². The molecule has 1 aliphatic heterocycles. The SMILES string of the molecule is CSC1(C)CC=C(C)CS1. The highest BCUT2D eigenvalue weighted by molar-refractivity contribution is 8.18. The van der Waals surface area contributed by atoms with Gasteiger partial charge in [-0.05, 0) is 26.5 Å². The van der Waals surface area contributed by atoms with Crippen LogP contribution in [0, 0.1) is 0 Å². The van der Waals surface area contributed by atoms with Crippen molar-refractivity contribution in [2.75, 3.05) is 12.0 Å². The van der Waals surface area contributed by atoms with Crippen LogP contribution in [0.3, 0.4) is 0 Å². The molecule has 1 unspecified atom stereocenters. The van der Waals surface area contributed by atoms with Crippen LogP contribution in [0.1, 0.15) is 20.3 Å². The molecule has 0 aromatic carbocycles. The maximum atomic E-state index is 2.37. The number of thioether (sulfide) groups is 2. The van der Waals surface area contributed by atoms with Crippen LogP contribution in [0.4, 0.5) is 0 Å². The molecule has 0 aromatic rings. The van der Waals surface area contributed by atoms with Crippen molar-refractivity contribution in [2.24, 2.45) is 0 Å². The van der Waals surface area contributed by atoms with E-state index < -0.39 is 0 Å². The second-order valence-electron chi connectivity index (χ2n) is 2.88. The van der Waals surface area contributed by atoms with E-state index in [4.69, 9.17) is 0 Å². The first-order valence-electron chi connectivity index (χ1n) is 3.51. The molecule has 1 heterocycles. The molecule has 0 saturated heterocycles. The second-order valence-corrected chi connectivity index (χ2v) is 5.93. The molecule has 0 saturated carbocycles. The molecule has 58 valence electrons. The minimum Gasteiger partial charge on any atom is -0.148 e. The fourth-order valence-electron chi connectivity index (χ4n) is 0.886. The number of hydrogen-bond donors (Lipinski definition) is 0. The van der Waals surface area contributed by atoms with Crippen molar-refractivity contribution in [3.8, 4) is 0 Å². The molecule has 0 aliphatic carbocycles. The Bertz CT molecular complexity index is 151. The smallest absolute Gasteiger partial charge is 0.0617 e. The molecule has 0 amide bonds. The van der Waals surface area contributed by atoms with Crippen LogP contribution in [0.2, 0.25) is 0 Å². The molecular formula is C8H14S2. The Labute approximate surface area is 71.8 Å². The number of hydrogen-bond acceptors (Lipinski definition) is 2. The van der Waals surface area contributed by atoms with Crippen LogP contribution in [0.25, 0.3) is 0 Å². The fraction of sp³-hybridized carbons (Fsp3) is 0.750. The van der Waals surface area contributed by atoms with Gasteiger partial charge < -0.3 is 0 Å². The predicted octanol–water partition coefficient (Wildman–Crippen LogP) is 3.15. The lowest BCUT2D eigenvalue weighted by Gasteiger charge is -2.29. The van der Waals surface area contributed by atoms with Crippen molar-refractivity contribution in [3.05, 3.63) is 11.6 Å². The zero-order valence-corrected chi connectivity index (χ0v) is 8.44. The minimum atomic E-state index is 0.458. The average molecular weight is 174 g/mol. The Morgan fingerprint density at radius 2 is 2.40 bits per heavy atom. The zero-order chi connectivity index (χ0) is 7.61. The zero-order valence-electron chi connectivity index (χ0n) is 6.81. The van der Waals surface area contributed by atoms with Gasteiger partial charge in [0.05, 0.1) is 4.08 Å². The molecule has 0 nitrogen and oxygen atoms in total. The molecule has 1 aliphatic rings. The van der Waals surface area contributed by atoms with Crippen molar-refractivity contribution in [1.82, 2.24) is 0 Å². The van der Waals surface area contributed by atoms with Gasteiger partial charge in [-0.3, -0.25) is 0 Å². The maximum Gasteiger partial charge on any atom is 0.0617 e. The first kappa shape index (κ1) is 8.54. The summed E-state index contributed by atoms with van der Waals surface area (Å²) in [7, 11) is 0. The van der Waals surface area contributed by atoms with Gasteiger partial charge in [-0.2, -0.15) is 0 Å². The van der Waals surface area contributed by atoms with Crippen molar-refractivity contribution in [1.29, 1.82) is 0 Å². The summed E-state index contributed by atoms with van der Waals surface area (Å²) >= 11 is 4.04. The Hall–Kier alpha value is 0.440. The molecule has 0 N–H and O–H groups in total. The number of allylic oxidation sites excluding steroid dienone is 1. The summed E-state index contributed by atoms with van der Waals surface area (Å²) in [5.41, 5.74) is 1.54. The van der Waals surface area contributed by atoms with Gasteiger partial charge in [-0.1, -0.05) is 11.6 Å². The summed E-state index contributed by atoms with van der Waals surface area (Å²) in [5, 5.41) is 0. The summed E-state index contributed by atoms with van der Waals surface area (Å²) in [5.74, 6) is 1.22. The van der Waals surface area contributed by atoms with Gasteiger partial charge >= 0.3 is 0 Å². The standard InChI is InChI=1S/C8H14S2/c1-7-4-5-8(2,9-3)10-6-7/h4H,5-6H2,1-3H3. The van der Waals surface area contributed by atoms with Gasteiger partial charge in [-0.25, -0.2) is 0 Å². The highest BCUT2D eigenvalue weighted by Gasteiger charge is 2.24. The summed E-state index contributed by atoms with van der Waals surface area (Å²) < 4.78 is 0.458. The van der Waals surface area contributed by atoms with Gasteiger partial charge in [0.25, 0.3) is 0 Å². The van der Waals surface area contributed by atoms with E-state index in [1.165, 1.54) is 17.7 Å². The minimum absolute atomic E-state index is 0.458. The lowest BCUT2D eigenvalue weighted by atomic mass is 10.2. The summed E-state index contributed by atoms with van der Waals surface area (Å²) in [6.45, 7) is 4.54. The van der Waals surface area contributed by atoms with E-state index in [1.54, 1.807) is 0 Å². The van der Waals surface area contributed by atoms with E-state index >= 15 is 0 Å². The third-order valence-electron chi connectivity index (χ3n) is 1.86. The van der Waals surface area contributed by atoms with Crippen molar-refractivity contribution in [3.63, 3.8) is 0 Å². The van der Waals surface area contributed by atoms with E-state index in [9.17, 15) is 0 Å². The van der Waals surface area contributed by atoms with Crippen molar-refractivity contribution in [2.45, 2.75) is 24.3 Å². The molecule has 1 atom stereocenters. The van der Waals surface area contributed by atoms with E-state index in [0.29, 0.717) is 4.08 Å². The molecule has 0 spiro atoms. The summed E-state index contributed by atoms with van der Waals surface area (Å²) in [6.07, 6.45) is 5.79. The van der Waals surface area contributed by atoms with Crippen LogP contribution in [0.5, 0.6) is 0 Å². The maximum absolute atomic E-state index is 2.37. The van der Waals surface area contributed by atoms with E-state index in [2.05, 4.69) is 37.9 Å². The van der Waals surface area contributed by atoms with Gasteiger partial charge in [-0.15, -0.1) is 23.5 Å². The van der Waals surface area contributed by atoms with Gasteiger partial charge in [0.15, 0.2) is 0 Å². The summed E-state index contributed by atoms with van der Waals surface area (Å²) in [6, 6.07) is 0. The van der Waals surface area contributed by atoms with Crippen LogP contribution in [0.15, 0.2) is 11.6 Å². The van der Waals surface area contributed by atoms with Gasteiger partial charge in [0.2, 0.25) is 0 Å². The molecule has 0 fully saturated rings. The Kier molecular flexibility index (Phi) is 2.75. The van der Waals surface area contributed by atoms with E-state index in [0.717, 1.165) is 0 Å². The molecule has 0 bridgehead atoms. The topological polar surface area (TPSA) is 0 Å². The Morgan fingerprint density at radius 1 is 1.70 bits per heavy atom. The molecule has 0 radical (unpaired) electrons. The van der Waals surface area contributed by atoms with Crippen LogP contribution in [-0.2, 0) is 0 Å². The number of rotatable bonds is 1. The first-order valence-corrected chi connectivity index (χ1v) is 5.72. The van der Waals surface area contributed by atoms with Gasteiger partial charge in [0.1, 0.15) is 0 Å². The van der Waals surface area contributed by atoms with Crippen LogP contribution in [-0.4, -0.2) is 16.1 Å². The molecule has 0 aromatic heterocycles. The molecule has 10 heavy (non-hydrogen) atoms. The Balaban J connectivity index is 2.56. The predicted molar refractivity (Wildman–Crippen MR) is 52.8 cm³/mol. The fourth-order valence-corrected chi connectivity index (χ4v) is 2.64.